The van der Waals surface area contributed by atoms with E-state index in [2.05, 4.69) is 4.74 Å². The van der Waals surface area contributed by atoms with Gasteiger partial charge in [-0.15, -0.1) is 0 Å². The lowest BCUT2D eigenvalue weighted by atomic mass is 10.1. The zero-order valence-corrected chi connectivity index (χ0v) is 8.91. The molecule has 0 spiro atoms. The number of methoxy groups -OCH3 is 1. The molecule has 0 heterocycles. The van der Waals surface area contributed by atoms with Crippen molar-refractivity contribution in [3.05, 3.63) is 45.5 Å². The second-order valence-electron chi connectivity index (χ2n) is 2.98. The number of benzene rings is 1. The highest BCUT2D eigenvalue weighted by atomic mass is 16.6. The van der Waals surface area contributed by atoms with Gasteiger partial charge >= 0.3 is 5.97 Å². The molecule has 0 amide bonds. The lowest BCUT2D eigenvalue weighted by molar-refractivity contribution is -0.384. The van der Waals surface area contributed by atoms with Crippen molar-refractivity contribution in [3.63, 3.8) is 0 Å². The quantitative estimate of drug-likeness (QED) is 0.343. The summed E-state index contributed by atoms with van der Waals surface area (Å²) < 4.78 is 4.51. The first-order chi connectivity index (χ1) is 8.10. The van der Waals surface area contributed by atoms with Crippen molar-refractivity contribution >= 4 is 17.7 Å². The largest absolute Gasteiger partial charge is 0.465 e. The van der Waals surface area contributed by atoms with Crippen LogP contribution in [0, 0.1) is 21.4 Å². The standard InChI is InChI=1S/C11H8N2O4/c1-17-11(14)10-7-9(13(15)16)5-4-8(10)3-2-6-12/h2-5,7H,1H3. The van der Waals surface area contributed by atoms with Crippen molar-refractivity contribution in [2.75, 3.05) is 7.11 Å². The SMILES string of the molecule is COC(=O)c1cc([N+](=O)[O-])ccc1C=CC#N. The summed E-state index contributed by atoms with van der Waals surface area (Å²) in [5.74, 6) is -0.689. The van der Waals surface area contributed by atoms with Crippen LogP contribution < -0.4 is 0 Å². The number of allylic oxidation sites excluding steroid dienone is 1. The molecule has 0 atom stereocenters. The third kappa shape index (κ3) is 2.89. The Hall–Kier alpha value is -2.68. The van der Waals surface area contributed by atoms with E-state index in [1.165, 1.54) is 31.4 Å². The van der Waals surface area contributed by atoms with Gasteiger partial charge in [-0.1, -0.05) is 0 Å². The highest BCUT2D eigenvalue weighted by Gasteiger charge is 2.15. The molecule has 6 heteroatoms. The number of ether oxygens (including phenoxy) is 1. The number of nitriles is 1. The zero-order valence-electron chi connectivity index (χ0n) is 8.91. The van der Waals surface area contributed by atoms with Gasteiger partial charge in [0, 0.05) is 18.2 Å². The zero-order chi connectivity index (χ0) is 12.8. The summed E-state index contributed by atoms with van der Waals surface area (Å²) in [5, 5.41) is 19.0. The molecular weight excluding hydrogens is 224 g/mol. The molecule has 1 rings (SSSR count). The molecule has 0 bridgehead atoms. The van der Waals surface area contributed by atoms with E-state index in [0.717, 1.165) is 6.07 Å². The normalized spacial score (nSPS) is 9.88. The summed E-state index contributed by atoms with van der Waals surface area (Å²) in [4.78, 5) is 21.4. The van der Waals surface area contributed by atoms with Crippen molar-refractivity contribution in [2.45, 2.75) is 0 Å². The Morgan fingerprint density at radius 2 is 2.29 bits per heavy atom. The summed E-state index contributed by atoms with van der Waals surface area (Å²) in [6, 6.07) is 5.53. The molecule has 0 unspecified atom stereocenters. The van der Waals surface area contributed by atoms with Crippen LogP contribution in [0.1, 0.15) is 15.9 Å². The summed E-state index contributed by atoms with van der Waals surface area (Å²) >= 11 is 0. The van der Waals surface area contributed by atoms with Gasteiger partial charge in [0.1, 0.15) is 0 Å². The monoisotopic (exact) mass is 232 g/mol. The van der Waals surface area contributed by atoms with Gasteiger partial charge in [-0.25, -0.2) is 4.79 Å². The Balaban J connectivity index is 3.32. The van der Waals surface area contributed by atoms with Crippen LogP contribution in [0.25, 0.3) is 6.08 Å². The van der Waals surface area contributed by atoms with Crippen molar-refractivity contribution in [2.24, 2.45) is 0 Å². The first-order valence-electron chi connectivity index (χ1n) is 4.53. The first-order valence-corrected chi connectivity index (χ1v) is 4.53. The van der Waals surface area contributed by atoms with Crippen LogP contribution in [0.4, 0.5) is 5.69 Å². The molecule has 1 aromatic rings. The van der Waals surface area contributed by atoms with E-state index >= 15 is 0 Å². The van der Waals surface area contributed by atoms with Crippen molar-refractivity contribution in [1.29, 1.82) is 5.26 Å². The number of nitro benzene ring substituents is 1. The van der Waals surface area contributed by atoms with Crippen molar-refractivity contribution < 1.29 is 14.5 Å². The fourth-order valence-corrected chi connectivity index (χ4v) is 1.22. The number of nitro groups is 1. The number of carbonyl (C=O) groups excluding carboxylic acids is 1. The number of non-ortho nitro benzene ring substituents is 1. The number of esters is 1. The van der Waals surface area contributed by atoms with Crippen LogP contribution in [0.2, 0.25) is 0 Å². The molecule has 86 valence electrons. The molecule has 6 nitrogen and oxygen atoms in total. The molecule has 0 aliphatic carbocycles. The lowest BCUT2D eigenvalue weighted by Crippen LogP contribution is -2.04. The van der Waals surface area contributed by atoms with Crippen molar-refractivity contribution in [3.8, 4) is 6.07 Å². The third-order valence-corrected chi connectivity index (χ3v) is 1.99. The van der Waals surface area contributed by atoms with E-state index in [4.69, 9.17) is 5.26 Å². The van der Waals surface area contributed by atoms with Gasteiger partial charge in [-0.05, 0) is 17.7 Å². The van der Waals surface area contributed by atoms with Crippen LogP contribution in [0.5, 0.6) is 0 Å². The second kappa shape index (κ2) is 5.42. The summed E-state index contributed by atoms with van der Waals surface area (Å²) in [7, 11) is 1.18. The Bertz CT molecular complexity index is 529. The maximum Gasteiger partial charge on any atom is 0.338 e. The van der Waals surface area contributed by atoms with Gasteiger partial charge in [-0.2, -0.15) is 5.26 Å². The van der Waals surface area contributed by atoms with Crippen LogP contribution in [0.3, 0.4) is 0 Å². The molecule has 0 saturated carbocycles. The van der Waals surface area contributed by atoms with Gasteiger partial charge in [-0.3, -0.25) is 10.1 Å². The fourth-order valence-electron chi connectivity index (χ4n) is 1.22. The van der Waals surface area contributed by atoms with Gasteiger partial charge in [0.05, 0.1) is 23.7 Å². The van der Waals surface area contributed by atoms with Gasteiger partial charge in [0.15, 0.2) is 0 Å². The number of carbonyl (C=O) groups is 1. The number of nitrogens with zero attached hydrogens (tertiary/aromatic N) is 2. The maximum atomic E-state index is 11.4. The minimum absolute atomic E-state index is 0.0493. The van der Waals surface area contributed by atoms with E-state index in [-0.39, 0.29) is 11.3 Å². The Morgan fingerprint density at radius 1 is 1.59 bits per heavy atom. The van der Waals surface area contributed by atoms with E-state index < -0.39 is 10.9 Å². The maximum absolute atomic E-state index is 11.4. The minimum atomic E-state index is -0.689. The average Bonchev–Trinajstić information content (AvgIpc) is 2.35. The highest BCUT2D eigenvalue weighted by molar-refractivity contribution is 5.94. The summed E-state index contributed by atoms with van der Waals surface area (Å²) in [6.07, 6.45) is 2.56. The molecule has 0 aliphatic heterocycles. The van der Waals surface area contributed by atoms with Gasteiger partial charge in [0.2, 0.25) is 0 Å². The molecule has 1 aromatic carbocycles. The van der Waals surface area contributed by atoms with Crippen molar-refractivity contribution in [1.82, 2.24) is 0 Å². The lowest BCUT2D eigenvalue weighted by Gasteiger charge is -2.03. The number of rotatable bonds is 3. The van der Waals surface area contributed by atoms with Gasteiger partial charge < -0.3 is 4.74 Å². The smallest absolute Gasteiger partial charge is 0.338 e. The predicted octanol–water partition coefficient (Wildman–Crippen LogP) is 1.92. The Labute approximate surface area is 96.9 Å². The summed E-state index contributed by atoms with van der Waals surface area (Å²) in [5.41, 5.74) is 0.233. The first kappa shape index (κ1) is 12.4. The predicted molar refractivity (Wildman–Crippen MR) is 59.1 cm³/mol. The molecular formula is C11H8N2O4. The molecule has 17 heavy (non-hydrogen) atoms. The van der Waals surface area contributed by atoms with Crippen LogP contribution in [-0.2, 0) is 4.74 Å². The molecule has 0 fully saturated rings. The molecule has 0 aromatic heterocycles. The highest BCUT2D eigenvalue weighted by Crippen LogP contribution is 2.19. The van der Waals surface area contributed by atoms with Crippen LogP contribution in [-0.4, -0.2) is 18.0 Å². The van der Waals surface area contributed by atoms with E-state index in [1.54, 1.807) is 6.07 Å². The second-order valence-corrected chi connectivity index (χ2v) is 2.98. The van der Waals surface area contributed by atoms with E-state index in [9.17, 15) is 14.9 Å². The number of hydrogen-bond donors (Lipinski definition) is 0. The molecule has 0 saturated heterocycles. The molecule has 0 radical (unpaired) electrons. The topological polar surface area (TPSA) is 93.2 Å². The van der Waals surface area contributed by atoms with Gasteiger partial charge in [0.25, 0.3) is 5.69 Å². The number of hydrogen-bond acceptors (Lipinski definition) is 5. The third-order valence-electron chi connectivity index (χ3n) is 1.99. The minimum Gasteiger partial charge on any atom is -0.465 e. The van der Waals surface area contributed by atoms with Crippen LogP contribution in [0.15, 0.2) is 24.3 Å². The molecule has 0 N–H and O–H groups in total. The summed E-state index contributed by atoms with van der Waals surface area (Å²) in [6.45, 7) is 0. The Morgan fingerprint density at radius 3 is 2.82 bits per heavy atom. The molecule has 0 aliphatic rings. The van der Waals surface area contributed by atoms with E-state index in [0.29, 0.717) is 5.56 Å². The Kier molecular flexibility index (Phi) is 3.95. The average molecular weight is 232 g/mol. The van der Waals surface area contributed by atoms with E-state index in [1.807, 2.05) is 0 Å². The fraction of sp³-hybridized carbons (Fsp3) is 0.0909. The van der Waals surface area contributed by atoms with Crippen LogP contribution >= 0.6 is 0 Å².